The number of nitrogens with one attached hydrogen (secondary N) is 2. The number of amides is 2. The minimum absolute atomic E-state index is 0.107. The molecular weight excluding hydrogens is 292 g/mol. The van der Waals surface area contributed by atoms with Crippen LogP contribution < -0.4 is 16.4 Å². The summed E-state index contributed by atoms with van der Waals surface area (Å²) < 4.78 is 4.81. The Bertz CT molecular complexity index is 656. The molecular formula is C13H16N4O3S. The Morgan fingerprint density at radius 3 is 2.95 bits per heavy atom. The molecule has 2 aromatic rings. The lowest BCUT2D eigenvalue weighted by Gasteiger charge is -2.06. The molecule has 0 aliphatic rings. The number of hydrogen-bond acceptors (Lipinski definition) is 6. The van der Waals surface area contributed by atoms with E-state index in [0.29, 0.717) is 28.5 Å². The maximum Gasteiger partial charge on any atom is 0.264 e. The van der Waals surface area contributed by atoms with Gasteiger partial charge < -0.3 is 21.1 Å². The number of methoxy groups -OCH3 is 1. The third-order valence-corrected chi connectivity index (χ3v) is 3.88. The predicted molar refractivity (Wildman–Crippen MR) is 81.3 cm³/mol. The van der Waals surface area contributed by atoms with Crippen LogP contribution in [0.2, 0.25) is 0 Å². The van der Waals surface area contributed by atoms with Crippen LogP contribution in [-0.2, 0) is 9.53 Å². The van der Waals surface area contributed by atoms with Crippen molar-refractivity contribution < 1.29 is 14.3 Å². The summed E-state index contributed by atoms with van der Waals surface area (Å²) in [6.07, 6.45) is 1.64. The van der Waals surface area contributed by atoms with E-state index in [1.54, 1.807) is 19.4 Å². The summed E-state index contributed by atoms with van der Waals surface area (Å²) >= 11 is 1.21. The number of anilines is 1. The number of pyridine rings is 1. The molecule has 0 saturated carbocycles. The van der Waals surface area contributed by atoms with Gasteiger partial charge in [0, 0.05) is 25.2 Å². The summed E-state index contributed by atoms with van der Waals surface area (Å²) in [5.41, 5.74) is 6.33. The topological polar surface area (TPSA) is 106 Å². The first-order chi connectivity index (χ1) is 10.1. The van der Waals surface area contributed by atoms with Crippen molar-refractivity contribution in [1.82, 2.24) is 15.6 Å². The second-order valence-corrected chi connectivity index (χ2v) is 5.23. The number of ether oxygens (including phenoxy) is 1. The van der Waals surface area contributed by atoms with E-state index in [9.17, 15) is 9.59 Å². The number of hydrogen-bond donors (Lipinski definition) is 3. The molecule has 2 heterocycles. The molecule has 112 valence electrons. The van der Waals surface area contributed by atoms with Crippen LogP contribution >= 0.6 is 11.3 Å². The van der Waals surface area contributed by atoms with Crippen molar-refractivity contribution in [2.75, 3.05) is 32.5 Å². The summed E-state index contributed by atoms with van der Waals surface area (Å²) in [7, 11) is 1.55. The first-order valence-corrected chi connectivity index (χ1v) is 7.12. The molecule has 2 amide bonds. The standard InChI is InChI=1S/C13H16N4O3S/c1-20-6-5-15-9(18)7-17-12(19)11-10(14)8-3-2-4-16-13(8)21-11/h2-4H,5-7,14H2,1H3,(H,15,18)(H,17,19). The number of nitrogens with two attached hydrogens (primary N) is 1. The fourth-order valence-corrected chi connectivity index (χ4v) is 2.70. The lowest BCUT2D eigenvalue weighted by atomic mass is 10.2. The van der Waals surface area contributed by atoms with Crippen LogP contribution in [0, 0.1) is 0 Å². The Kier molecular flexibility index (Phi) is 5.07. The quantitative estimate of drug-likeness (QED) is 0.669. The molecule has 7 nitrogen and oxygen atoms in total. The average molecular weight is 308 g/mol. The van der Waals surface area contributed by atoms with Crippen LogP contribution in [0.1, 0.15) is 9.67 Å². The third kappa shape index (κ3) is 3.67. The molecule has 0 unspecified atom stereocenters. The zero-order chi connectivity index (χ0) is 15.2. The Morgan fingerprint density at radius 2 is 2.24 bits per heavy atom. The Labute approximate surface area is 125 Å². The molecule has 0 aliphatic carbocycles. The van der Waals surface area contributed by atoms with Crippen molar-refractivity contribution in [3.8, 4) is 0 Å². The fourth-order valence-electron chi connectivity index (χ4n) is 1.72. The van der Waals surface area contributed by atoms with Crippen LogP contribution in [0.25, 0.3) is 10.2 Å². The van der Waals surface area contributed by atoms with Crippen molar-refractivity contribution >= 4 is 39.1 Å². The molecule has 21 heavy (non-hydrogen) atoms. The number of fused-ring (bicyclic) bond motifs is 1. The van der Waals surface area contributed by atoms with Gasteiger partial charge in [0.15, 0.2) is 0 Å². The highest BCUT2D eigenvalue weighted by Crippen LogP contribution is 2.31. The van der Waals surface area contributed by atoms with Gasteiger partial charge in [-0.25, -0.2) is 4.98 Å². The Morgan fingerprint density at radius 1 is 1.43 bits per heavy atom. The zero-order valence-corrected chi connectivity index (χ0v) is 12.3. The van der Waals surface area contributed by atoms with Crippen LogP contribution in [-0.4, -0.2) is 43.6 Å². The van der Waals surface area contributed by atoms with Gasteiger partial charge in [0.25, 0.3) is 5.91 Å². The molecule has 0 bridgehead atoms. The Hall–Kier alpha value is -2.19. The number of aromatic nitrogens is 1. The average Bonchev–Trinajstić information content (AvgIpc) is 2.83. The number of carbonyl (C=O) groups is 2. The van der Waals surface area contributed by atoms with Gasteiger partial charge in [-0.2, -0.15) is 0 Å². The van der Waals surface area contributed by atoms with E-state index in [-0.39, 0.29) is 18.4 Å². The van der Waals surface area contributed by atoms with Gasteiger partial charge in [-0.1, -0.05) is 0 Å². The highest BCUT2D eigenvalue weighted by Gasteiger charge is 2.17. The number of nitrogen functional groups attached to an aromatic ring is 1. The van der Waals surface area contributed by atoms with Crippen LogP contribution in [0.15, 0.2) is 18.3 Å². The third-order valence-electron chi connectivity index (χ3n) is 2.75. The molecule has 0 fully saturated rings. The molecule has 0 aliphatic heterocycles. The first-order valence-electron chi connectivity index (χ1n) is 6.30. The van der Waals surface area contributed by atoms with E-state index in [1.807, 2.05) is 6.07 Å². The number of thiophene rings is 1. The number of rotatable bonds is 6. The van der Waals surface area contributed by atoms with Crippen LogP contribution in [0.4, 0.5) is 5.69 Å². The summed E-state index contributed by atoms with van der Waals surface area (Å²) in [4.78, 5) is 28.8. The molecule has 4 N–H and O–H groups in total. The Balaban J connectivity index is 1.96. The maximum absolute atomic E-state index is 12.1. The first kappa shape index (κ1) is 15.2. The van der Waals surface area contributed by atoms with Crippen molar-refractivity contribution in [2.45, 2.75) is 0 Å². The lowest BCUT2D eigenvalue weighted by Crippen LogP contribution is -2.38. The van der Waals surface area contributed by atoms with Gasteiger partial charge >= 0.3 is 0 Å². The van der Waals surface area contributed by atoms with E-state index >= 15 is 0 Å². The lowest BCUT2D eigenvalue weighted by molar-refractivity contribution is -0.120. The minimum atomic E-state index is -0.377. The fraction of sp³-hybridized carbons (Fsp3) is 0.308. The summed E-state index contributed by atoms with van der Waals surface area (Å²) in [5, 5.41) is 5.90. The minimum Gasteiger partial charge on any atom is -0.397 e. The van der Waals surface area contributed by atoms with Gasteiger partial charge in [0.2, 0.25) is 5.91 Å². The highest BCUT2D eigenvalue weighted by atomic mass is 32.1. The normalized spacial score (nSPS) is 10.5. The van der Waals surface area contributed by atoms with E-state index in [4.69, 9.17) is 10.5 Å². The van der Waals surface area contributed by atoms with E-state index in [0.717, 1.165) is 5.39 Å². The molecule has 0 radical (unpaired) electrons. The van der Waals surface area contributed by atoms with Gasteiger partial charge in [0.1, 0.15) is 9.71 Å². The summed E-state index contributed by atoms with van der Waals surface area (Å²) in [5.74, 6) is -0.657. The van der Waals surface area contributed by atoms with Gasteiger partial charge in [-0.3, -0.25) is 9.59 Å². The molecule has 0 saturated heterocycles. The molecule has 8 heteroatoms. The second kappa shape index (κ2) is 7.00. The molecule has 0 atom stereocenters. The zero-order valence-electron chi connectivity index (χ0n) is 11.5. The van der Waals surface area contributed by atoms with Crippen molar-refractivity contribution in [1.29, 1.82) is 0 Å². The van der Waals surface area contributed by atoms with E-state index in [1.165, 1.54) is 11.3 Å². The van der Waals surface area contributed by atoms with Gasteiger partial charge in [-0.15, -0.1) is 11.3 Å². The van der Waals surface area contributed by atoms with E-state index in [2.05, 4.69) is 15.6 Å². The molecule has 0 aromatic carbocycles. The maximum atomic E-state index is 12.1. The number of nitrogens with zero attached hydrogens (tertiary/aromatic N) is 1. The van der Waals surface area contributed by atoms with Crippen molar-refractivity contribution in [3.63, 3.8) is 0 Å². The number of carbonyl (C=O) groups excluding carboxylic acids is 2. The van der Waals surface area contributed by atoms with Crippen LogP contribution in [0.3, 0.4) is 0 Å². The monoisotopic (exact) mass is 308 g/mol. The van der Waals surface area contributed by atoms with Crippen LogP contribution in [0.5, 0.6) is 0 Å². The summed E-state index contributed by atoms with van der Waals surface area (Å²) in [6.45, 7) is 0.721. The summed E-state index contributed by atoms with van der Waals surface area (Å²) in [6, 6.07) is 3.57. The molecule has 2 aromatic heterocycles. The SMILES string of the molecule is COCCNC(=O)CNC(=O)c1sc2ncccc2c1N. The van der Waals surface area contributed by atoms with Gasteiger partial charge in [0.05, 0.1) is 18.8 Å². The second-order valence-electron chi connectivity index (χ2n) is 4.23. The van der Waals surface area contributed by atoms with E-state index < -0.39 is 0 Å². The van der Waals surface area contributed by atoms with Gasteiger partial charge in [-0.05, 0) is 12.1 Å². The molecule has 2 rings (SSSR count). The largest absolute Gasteiger partial charge is 0.397 e. The smallest absolute Gasteiger partial charge is 0.264 e. The van der Waals surface area contributed by atoms with Crippen molar-refractivity contribution in [3.05, 3.63) is 23.2 Å². The molecule has 0 spiro atoms. The van der Waals surface area contributed by atoms with Crippen molar-refractivity contribution in [2.24, 2.45) is 0 Å². The highest BCUT2D eigenvalue weighted by molar-refractivity contribution is 7.21. The predicted octanol–water partition coefficient (Wildman–Crippen LogP) is 0.371.